The number of aryl methyl sites for hydroxylation is 2. The minimum Gasteiger partial charge on any atom is -0.483 e. The highest BCUT2D eigenvalue weighted by Crippen LogP contribution is 2.28. The Balaban J connectivity index is 1.53. The van der Waals surface area contributed by atoms with Crippen molar-refractivity contribution in [3.8, 4) is 5.75 Å². The Morgan fingerprint density at radius 3 is 2.89 bits per heavy atom. The predicted molar refractivity (Wildman–Crippen MR) is 97.9 cm³/mol. The van der Waals surface area contributed by atoms with Gasteiger partial charge in [0.25, 0.3) is 5.91 Å². The molecular weight excluding hydrogens is 350 g/mol. The zero-order chi connectivity index (χ0) is 19.0. The Bertz CT molecular complexity index is 1230. The van der Waals surface area contributed by atoms with Crippen molar-refractivity contribution in [3.63, 3.8) is 0 Å². The Morgan fingerprint density at radius 2 is 2.04 bits per heavy atom. The first-order valence-electron chi connectivity index (χ1n) is 8.21. The van der Waals surface area contributed by atoms with Gasteiger partial charge in [0.15, 0.2) is 12.1 Å². The molecule has 0 saturated heterocycles. The molecule has 2 aromatic heterocycles. The van der Waals surface area contributed by atoms with Crippen molar-refractivity contribution in [2.75, 3.05) is 11.9 Å². The molecule has 0 aliphatic rings. The lowest BCUT2D eigenvalue weighted by Gasteiger charge is -2.11. The van der Waals surface area contributed by atoms with Gasteiger partial charge in [-0.05, 0) is 54.0 Å². The van der Waals surface area contributed by atoms with Crippen LogP contribution in [0, 0.1) is 13.8 Å². The van der Waals surface area contributed by atoms with Gasteiger partial charge in [-0.1, -0.05) is 6.07 Å². The third kappa shape index (κ3) is 3.12. The van der Waals surface area contributed by atoms with Crippen molar-refractivity contribution in [2.24, 2.45) is 0 Å². The number of ether oxygens (including phenoxy) is 1. The van der Waals surface area contributed by atoms with Gasteiger partial charge in [0.2, 0.25) is 0 Å². The second-order valence-corrected chi connectivity index (χ2v) is 6.09. The molecule has 8 nitrogen and oxygen atoms in total. The molecule has 0 saturated carbocycles. The maximum atomic E-state index is 12.2. The molecule has 27 heavy (non-hydrogen) atoms. The molecule has 8 heteroatoms. The first-order chi connectivity index (χ1) is 13.0. The van der Waals surface area contributed by atoms with E-state index in [2.05, 4.69) is 20.3 Å². The molecule has 136 valence electrons. The summed E-state index contributed by atoms with van der Waals surface area (Å²) in [5.74, 6) is 0.100. The van der Waals surface area contributed by atoms with Crippen molar-refractivity contribution in [1.82, 2.24) is 10.3 Å². The van der Waals surface area contributed by atoms with E-state index in [4.69, 9.17) is 9.15 Å². The summed E-state index contributed by atoms with van der Waals surface area (Å²) >= 11 is 0. The van der Waals surface area contributed by atoms with Gasteiger partial charge in [-0.25, -0.2) is 9.42 Å². The van der Waals surface area contributed by atoms with Crippen molar-refractivity contribution >= 4 is 33.6 Å². The summed E-state index contributed by atoms with van der Waals surface area (Å²) in [6.07, 6.45) is 0. The fourth-order valence-corrected chi connectivity index (χ4v) is 2.89. The molecule has 0 aliphatic carbocycles. The zero-order valence-electron chi connectivity index (χ0n) is 14.6. The molecule has 2 heterocycles. The van der Waals surface area contributed by atoms with E-state index in [0.29, 0.717) is 33.6 Å². The van der Waals surface area contributed by atoms with Gasteiger partial charge in [0, 0.05) is 17.0 Å². The van der Waals surface area contributed by atoms with Gasteiger partial charge < -0.3 is 14.5 Å². The number of hydrogen-bond donors (Lipinski definition) is 1. The molecule has 4 aromatic rings. The molecule has 0 bridgehead atoms. The molecule has 1 N–H and O–H groups in total. The lowest BCUT2D eigenvalue weighted by molar-refractivity contribution is -0.118. The highest BCUT2D eigenvalue weighted by Gasteiger charge is 2.13. The molecular formula is C19H15N3O5. The summed E-state index contributed by atoms with van der Waals surface area (Å²) < 4.78 is 15.6. The largest absolute Gasteiger partial charge is 0.483 e. The highest BCUT2D eigenvalue weighted by atomic mass is 16.6. The molecule has 0 aliphatic heterocycles. The standard InChI is InChI=1S/C19H15N3O5/c1-10-8-17(24)26-19-11(2)15(7-6-12(10)19)25-9-16(23)20-13-4-3-5-14-18(13)22-27-21-14/h3-8H,9H2,1-2H3,(H,20,23). The number of hydrogen-bond acceptors (Lipinski definition) is 7. The van der Waals surface area contributed by atoms with Crippen molar-refractivity contribution in [2.45, 2.75) is 13.8 Å². The Hall–Kier alpha value is -3.68. The molecule has 1 amide bonds. The van der Waals surface area contributed by atoms with E-state index >= 15 is 0 Å². The maximum absolute atomic E-state index is 12.2. The maximum Gasteiger partial charge on any atom is 0.336 e. The van der Waals surface area contributed by atoms with Crippen LogP contribution in [0.1, 0.15) is 11.1 Å². The smallest absolute Gasteiger partial charge is 0.336 e. The summed E-state index contributed by atoms with van der Waals surface area (Å²) in [5, 5.41) is 11.0. The third-order valence-electron chi connectivity index (χ3n) is 4.24. The van der Waals surface area contributed by atoms with Gasteiger partial charge in [0.05, 0.1) is 5.69 Å². The topological polar surface area (TPSA) is 107 Å². The van der Waals surface area contributed by atoms with Gasteiger partial charge in [-0.2, -0.15) is 0 Å². The summed E-state index contributed by atoms with van der Waals surface area (Å²) in [7, 11) is 0. The Morgan fingerprint density at radius 1 is 1.19 bits per heavy atom. The number of fused-ring (bicyclic) bond motifs is 2. The number of rotatable bonds is 4. The number of amides is 1. The minimum absolute atomic E-state index is 0.218. The van der Waals surface area contributed by atoms with E-state index < -0.39 is 5.63 Å². The van der Waals surface area contributed by atoms with Crippen LogP contribution in [-0.2, 0) is 4.79 Å². The molecule has 2 aromatic carbocycles. The highest BCUT2D eigenvalue weighted by molar-refractivity contribution is 5.99. The molecule has 0 unspecified atom stereocenters. The molecule has 0 radical (unpaired) electrons. The molecule has 0 atom stereocenters. The van der Waals surface area contributed by atoms with Gasteiger partial charge >= 0.3 is 5.63 Å². The first kappa shape index (κ1) is 16.8. The van der Waals surface area contributed by atoms with Crippen LogP contribution in [0.15, 0.2) is 50.2 Å². The molecule has 0 fully saturated rings. The minimum atomic E-state index is -0.424. The number of aromatic nitrogens is 2. The number of carbonyl (C=O) groups excluding carboxylic acids is 1. The Kier molecular flexibility index (Phi) is 4.08. The van der Waals surface area contributed by atoms with Gasteiger partial charge in [-0.15, -0.1) is 0 Å². The summed E-state index contributed by atoms with van der Waals surface area (Å²) in [6.45, 7) is 3.40. The average Bonchev–Trinajstić information content (AvgIpc) is 3.11. The fourth-order valence-electron chi connectivity index (χ4n) is 2.89. The number of nitrogens with zero attached hydrogens (tertiary/aromatic N) is 2. The number of nitrogens with one attached hydrogen (secondary N) is 1. The third-order valence-corrected chi connectivity index (χ3v) is 4.24. The van der Waals surface area contributed by atoms with E-state index in [0.717, 1.165) is 10.9 Å². The number of benzene rings is 2. The normalized spacial score (nSPS) is 11.0. The number of carbonyl (C=O) groups is 1. The fraction of sp³-hybridized carbons (Fsp3) is 0.158. The van der Waals surface area contributed by atoms with Crippen LogP contribution in [0.25, 0.3) is 22.0 Å². The second-order valence-electron chi connectivity index (χ2n) is 6.09. The van der Waals surface area contributed by atoms with Crippen LogP contribution in [-0.4, -0.2) is 22.8 Å². The first-order valence-corrected chi connectivity index (χ1v) is 8.21. The quantitative estimate of drug-likeness (QED) is 0.554. The Labute approximate surface area is 152 Å². The summed E-state index contributed by atoms with van der Waals surface area (Å²) in [5.41, 5.74) is 3.00. The van der Waals surface area contributed by atoms with E-state index in [1.807, 2.05) is 6.92 Å². The summed E-state index contributed by atoms with van der Waals surface area (Å²) in [4.78, 5) is 23.9. The summed E-state index contributed by atoms with van der Waals surface area (Å²) in [6, 6.07) is 10.2. The second kappa shape index (κ2) is 6.56. The van der Waals surface area contributed by atoms with E-state index in [1.54, 1.807) is 37.3 Å². The monoisotopic (exact) mass is 365 g/mol. The number of anilines is 1. The van der Waals surface area contributed by atoms with Crippen LogP contribution >= 0.6 is 0 Å². The lowest BCUT2D eigenvalue weighted by atomic mass is 10.1. The zero-order valence-corrected chi connectivity index (χ0v) is 14.6. The lowest BCUT2D eigenvalue weighted by Crippen LogP contribution is -2.20. The van der Waals surface area contributed by atoms with Crippen molar-refractivity contribution in [1.29, 1.82) is 0 Å². The van der Waals surface area contributed by atoms with E-state index in [1.165, 1.54) is 6.07 Å². The van der Waals surface area contributed by atoms with Crippen molar-refractivity contribution < 1.29 is 18.6 Å². The molecule has 0 spiro atoms. The van der Waals surface area contributed by atoms with Crippen LogP contribution < -0.4 is 15.7 Å². The molecule has 4 rings (SSSR count). The van der Waals surface area contributed by atoms with Crippen molar-refractivity contribution in [3.05, 3.63) is 57.9 Å². The van der Waals surface area contributed by atoms with Gasteiger partial charge in [0.1, 0.15) is 16.8 Å². The van der Waals surface area contributed by atoms with Crippen LogP contribution in [0.5, 0.6) is 5.75 Å². The van der Waals surface area contributed by atoms with E-state index in [9.17, 15) is 9.59 Å². The average molecular weight is 365 g/mol. The van der Waals surface area contributed by atoms with Crippen LogP contribution in [0.2, 0.25) is 0 Å². The SMILES string of the molecule is Cc1cc(=O)oc2c(C)c(OCC(=O)Nc3cccc4nonc34)ccc12. The van der Waals surface area contributed by atoms with Gasteiger partial charge in [-0.3, -0.25) is 4.79 Å². The van der Waals surface area contributed by atoms with E-state index in [-0.39, 0.29) is 12.5 Å². The van der Waals surface area contributed by atoms with Crippen LogP contribution in [0.4, 0.5) is 5.69 Å². The predicted octanol–water partition coefficient (Wildman–Crippen LogP) is 2.96. The van der Waals surface area contributed by atoms with Crippen LogP contribution in [0.3, 0.4) is 0 Å².